The molecule has 3 heteroatoms. The molecule has 3 nitrogen and oxygen atoms in total. The van der Waals surface area contributed by atoms with Crippen LogP contribution in [-0.2, 0) is 5.41 Å². The zero-order chi connectivity index (χ0) is 42.5. The molecule has 0 bridgehead atoms. The van der Waals surface area contributed by atoms with E-state index in [0.29, 0.717) is 0 Å². The molecule has 0 saturated heterocycles. The summed E-state index contributed by atoms with van der Waals surface area (Å²) >= 11 is 0. The van der Waals surface area contributed by atoms with E-state index in [1.807, 2.05) is 0 Å². The fourth-order valence-electron chi connectivity index (χ4n) is 10.4. The Balaban J connectivity index is 1.17. The standard InChI is InChI=1S/C61H43N3/c1-7-23-44(24-8-1)61(45-25-9-2-10-26-45)55-37-21-19-35-52(55)54-41-50(39-40-56(54)61)62(46-27-11-3-12-28-46)51-42-58(63(47-29-13-4-14-30-47)48-31-15-5-16-32-48)60-53-36-20-22-38-57(53)64(59(60)43-51)49-33-17-6-18-34-49/h1-43H. The SMILES string of the molecule is c1ccc(N(c2ccc3c(c2)-c2ccccc2C3(c2ccccc2)c2ccccc2)c2cc(N(c3ccccc3)c3ccccc3)c3c4ccccc4n(-c4ccccc4)c3c2)cc1. The molecule has 0 atom stereocenters. The normalized spacial score (nSPS) is 12.5. The maximum absolute atomic E-state index is 2.44. The van der Waals surface area contributed by atoms with Crippen molar-refractivity contribution in [2.75, 3.05) is 9.80 Å². The van der Waals surface area contributed by atoms with Gasteiger partial charge in [0.15, 0.2) is 0 Å². The van der Waals surface area contributed by atoms with E-state index in [1.165, 1.54) is 44.2 Å². The van der Waals surface area contributed by atoms with Gasteiger partial charge in [-0.05, 0) is 112 Å². The molecular weight excluding hydrogens is 775 g/mol. The fourth-order valence-corrected chi connectivity index (χ4v) is 10.4. The Kier molecular flexibility index (Phi) is 9.05. The Bertz CT molecular complexity index is 3340. The Hall–Kier alpha value is -8.40. The molecule has 1 heterocycles. The lowest BCUT2D eigenvalue weighted by Gasteiger charge is -2.34. The summed E-state index contributed by atoms with van der Waals surface area (Å²) in [5.74, 6) is 0. The van der Waals surface area contributed by atoms with Crippen molar-refractivity contribution in [1.82, 2.24) is 4.57 Å². The van der Waals surface area contributed by atoms with Gasteiger partial charge in [-0.25, -0.2) is 0 Å². The van der Waals surface area contributed by atoms with Gasteiger partial charge in [-0.1, -0.05) is 182 Å². The van der Waals surface area contributed by atoms with E-state index in [-0.39, 0.29) is 0 Å². The van der Waals surface area contributed by atoms with Crippen LogP contribution in [0.4, 0.5) is 34.1 Å². The lowest BCUT2D eigenvalue weighted by atomic mass is 9.68. The zero-order valence-corrected chi connectivity index (χ0v) is 35.2. The highest BCUT2D eigenvalue weighted by Gasteiger charge is 2.46. The first-order chi connectivity index (χ1) is 31.8. The molecule has 0 radical (unpaired) electrons. The summed E-state index contributed by atoms with van der Waals surface area (Å²) < 4.78 is 2.43. The summed E-state index contributed by atoms with van der Waals surface area (Å²) in [4.78, 5) is 4.86. The highest BCUT2D eigenvalue weighted by atomic mass is 15.2. The van der Waals surface area contributed by atoms with Gasteiger partial charge in [0.2, 0.25) is 0 Å². The van der Waals surface area contributed by atoms with E-state index in [9.17, 15) is 0 Å². The van der Waals surface area contributed by atoms with Crippen molar-refractivity contribution in [3.8, 4) is 16.8 Å². The molecule has 1 aromatic heterocycles. The minimum absolute atomic E-state index is 0.487. The Morgan fingerprint density at radius 1 is 0.312 bits per heavy atom. The summed E-state index contributed by atoms with van der Waals surface area (Å²) in [6, 6.07) is 95.0. The first-order valence-corrected chi connectivity index (χ1v) is 22.0. The minimum Gasteiger partial charge on any atom is -0.310 e. The molecule has 0 saturated carbocycles. The first-order valence-electron chi connectivity index (χ1n) is 22.0. The van der Waals surface area contributed by atoms with Crippen molar-refractivity contribution in [3.63, 3.8) is 0 Å². The van der Waals surface area contributed by atoms with E-state index in [2.05, 4.69) is 275 Å². The van der Waals surface area contributed by atoms with Gasteiger partial charge in [0, 0.05) is 39.2 Å². The van der Waals surface area contributed by atoms with Crippen molar-refractivity contribution >= 4 is 55.9 Å². The molecule has 302 valence electrons. The third-order valence-electron chi connectivity index (χ3n) is 13.0. The summed E-state index contributed by atoms with van der Waals surface area (Å²) in [6.07, 6.45) is 0. The topological polar surface area (TPSA) is 11.4 Å². The number of para-hydroxylation sites is 5. The maximum atomic E-state index is 2.44. The van der Waals surface area contributed by atoms with Crippen LogP contribution in [0.1, 0.15) is 22.3 Å². The minimum atomic E-state index is -0.487. The average Bonchev–Trinajstić information content (AvgIpc) is 3.87. The molecule has 0 fully saturated rings. The van der Waals surface area contributed by atoms with Gasteiger partial charge in [-0.2, -0.15) is 0 Å². The molecule has 0 unspecified atom stereocenters. The van der Waals surface area contributed by atoms with Crippen LogP contribution >= 0.6 is 0 Å². The van der Waals surface area contributed by atoms with Gasteiger partial charge in [-0.3, -0.25) is 0 Å². The van der Waals surface area contributed by atoms with Crippen molar-refractivity contribution < 1.29 is 0 Å². The van der Waals surface area contributed by atoms with Gasteiger partial charge in [0.05, 0.1) is 27.8 Å². The zero-order valence-electron chi connectivity index (χ0n) is 35.2. The largest absolute Gasteiger partial charge is 0.310 e. The average molecular weight is 818 g/mol. The van der Waals surface area contributed by atoms with E-state index in [4.69, 9.17) is 0 Å². The summed E-state index contributed by atoms with van der Waals surface area (Å²) in [5, 5.41) is 2.38. The van der Waals surface area contributed by atoms with Crippen LogP contribution in [0.25, 0.3) is 38.6 Å². The second kappa shape index (κ2) is 15.5. The van der Waals surface area contributed by atoms with E-state index < -0.39 is 5.41 Å². The molecule has 12 rings (SSSR count). The molecule has 0 N–H and O–H groups in total. The molecule has 1 aliphatic rings. The molecule has 0 spiro atoms. The van der Waals surface area contributed by atoms with Crippen LogP contribution in [-0.4, -0.2) is 4.57 Å². The van der Waals surface area contributed by atoms with Crippen molar-refractivity contribution in [2.24, 2.45) is 0 Å². The number of hydrogen-bond donors (Lipinski definition) is 0. The second-order valence-corrected chi connectivity index (χ2v) is 16.5. The smallest absolute Gasteiger partial charge is 0.0713 e. The van der Waals surface area contributed by atoms with Crippen LogP contribution < -0.4 is 9.80 Å². The van der Waals surface area contributed by atoms with Gasteiger partial charge >= 0.3 is 0 Å². The third-order valence-corrected chi connectivity index (χ3v) is 13.0. The van der Waals surface area contributed by atoms with Gasteiger partial charge in [0.1, 0.15) is 0 Å². The van der Waals surface area contributed by atoms with Crippen LogP contribution in [0, 0.1) is 0 Å². The molecule has 1 aliphatic carbocycles. The lowest BCUT2D eigenvalue weighted by molar-refractivity contribution is 0.768. The van der Waals surface area contributed by atoms with Crippen LogP contribution in [0.2, 0.25) is 0 Å². The van der Waals surface area contributed by atoms with E-state index in [1.54, 1.807) is 0 Å². The predicted octanol–water partition coefficient (Wildman–Crippen LogP) is 16.1. The number of anilines is 6. The molecule has 64 heavy (non-hydrogen) atoms. The molecule has 0 aliphatic heterocycles. The maximum Gasteiger partial charge on any atom is 0.0713 e. The van der Waals surface area contributed by atoms with E-state index >= 15 is 0 Å². The van der Waals surface area contributed by atoms with Crippen LogP contribution in [0.5, 0.6) is 0 Å². The van der Waals surface area contributed by atoms with Gasteiger partial charge < -0.3 is 14.4 Å². The first kappa shape index (κ1) is 37.4. The summed E-state index contributed by atoms with van der Waals surface area (Å²) in [5.41, 5.74) is 16.9. The van der Waals surface area contributed by atoms with Gasteiger partial charge in [-0.15, -0.1) is 0 Å². The second-order valence-electron chi connectivity index (χ2n) is 16.5. The molecule has 11 aromatic rings. The molecule has 0 amide bonds. The quantitative estimate of drug-likeness (QED) is 0.144. The fraction of sp³-hybridized carbons (Fsp3) is 0.0164. The molecule has 10 aromatic carbocycles. The van der Waals surface area contributed by atoms with Crippen molar-refractivity contribution in [1.29, 1.82) is 0 Å². The highest BCUT2D eigenvalue weighted by molar-refractivity contribution is 6.18. The lowest BCUT2D eigenvalue weighted by Crippen LogP contribution is -2.28. The number of benzene rings is 10. The van der Waals surface area contributed by atoms with Crippen molar-refractivity contribution in [2.45, 2.75) is 5.41 Å². The monoisotopic (exact) mass is 817 g/mol. The predicted molar refractivity (Wildman–Crippen MR) is 267 cm³/mol. The van der Waals surface area contributed by atoms with E-state index in [0.717, 1.165) is 50.8 Å². The van der Waals surface area contributed by atoms with Crippen molar-refractivity contribution in [3.05, 3.63) is 283 Å². The van der Waals surface area contributed by atoms with Gasteiger partial charge in [0.25, 0.3) is 0 Å². The number of nitrogens with zero attached hydrogens (tertiary/aromatic N) is 3. The Morgan fingerprint density at radius 3 is 1.41 bits per heavy atom. The highest BCUT2D eigenvalue weighted by Crippen LogP contribution is 2.57. The molecular formula is C61H43N3. The summed E-state index contributed by atoms with van der Waals surface area (Å²) in [7, 11) is 0. The number of aromatic nitrogens is 1. The Morgan fingerprint density at radius 2 is 0.797 bits per heavy atom. The summed E-state index contributed by atoms with van der Waals surface area (Å²) in [6.45, 7) is 0. The Labute approximate surface area is 374 Å². The number of rotatable bonds is 9. The number of hydrogen-bond acceptors (Lipinski definition) is 2. The van der Waals surface area contributed by atoms with Crippen LogP contribution in [0.3, 0.4) is 0 Å². The third kappa shape index (κ3) is 5.90. The van der Waals surface area contributed by atoms with Crippen LogP contribution in [0.15, 0.2) is 261 Å². The number of fused-ring (bicyclic) bond motifs is 6.